The summed E-state index contributed by atoms with van der Waals surface area (Å²) in [7, 11) is 4.74. The first kappa shape index (κ1) is 19.8. The molecule has 2 atom stereocenters. The summed E-state index contributed by atoms with van der Waals surface area (Å²) in [6.45, 7) is 2.07. The van der Waals surface area contributed by atoms with E-state index >= 15 is 0 Å². The summed E-state index contributed by atoms with van der Waals surface area (Å²) >= 11 is 0. The lowest BCUT2D eigenvalue weighted by Gasteiger charge is -2.38. The molecule has 0 fully saturated rings. The minimum Gasteiger partial charge on any atom is -0.481 e. The van der Waals surface area contributed by atoms with Gasteiger partial charge in [0.1, 0.15) is 0 Å². The molecule has 0 aliphatic carbocycles. The number of carbonyl (C=O) groups excluding carboxylic acids is 1. The SMILES string of the molecule is CCCCCC=CC(=O)C(O)(CC(=O)O)C(O)[N+](C)(C)C. The van der Waals surface area contributed by atoms with Crippen molar-refractivity contribution in [3.05, 3.63) is 12.2 Å². The van der Waals surface area contributed by atoms with Crippen molar-refractivity contribution in [2.75, 3.05) is 21.1 Å². The van der Waals surface area contributed by atoms with Gasteiger partial charge in [0.15, 0.2) is 5.78 Å². The normalized spacial score (nSPS) is 16.7. The molecule has 0 aliphatic rings. The molecule has 2 unspecified atom stereocenters. The Labute approximate surface area is 126 Å². The van der Waals surface area contributed by atoms with Crippen LogP contribution in [-0.4, -0.2) is 64.5 Å². The van der Waals surface area contributed by atoms with Crippen molar-refractivity contribution >= 4 is 11.8 Å². The minimum atomic E-state index is -2.33. The molecule has 21 heavy (non-hydrogen) atoms. The van der Waals surface area contributed by atoms with Crippen molar-refractivity contribution in [2.45, 2.75) is 50.9 Å². The molecule has 0 aromatic carbocycles. The fourth-order valence-electron chi connectivity index (χ4n) is 2.02. The Morgan fingerprint density at radius 2 is 1.81 bits per heavy atom. The van der Waals surface area contributed by atoms with Gasteiger partial charge in [0, 0.05) is 0 Å². The Bertz CT molecular complexity index is 386. The second kappa shape index (κ2) is 8.26. The highest BCUT2D eigenvalue weighted by molar-refractivity contribution is 5.99. The molecule has 0 aliphatic heterocycles. The number of ketones is 1. The smallest absolute Gasteiger partial charge is 0.307 e. The molecule has 122 valence electrons. The van der Waals surface area contributed by atoms with Crippen molar-refractivity contribution in [1.82, 2.24) is 0 Å². The van der Waals surface area contributed by atoms with Crippen LogP contribution in [0, 0.1) is 0 Å². The van der Waals surface area contributed by atoms with Crippen LogP contribution in [0.15, 0.2) is 12.2 Å². The topological polar surface area (TPSA) is 94.8 Å². The van der Waals surface area contributed by atoms with Gasteiger partial charge in [-0.15, -0.1) is 0 Å². The van der Waals surface area contributed by atoms with Gasteiger partial charge >= 0.3 is 5.97 Å². The van der Waals surface area contributed by atoms with E-state index in [9.17, 15) is 19.8 Å². The van der Waals surface area contributed by atoms with Crippen LogP contribution < -0.4 is 0 Å². The van der Waals surface area contributed by atoms with Crippen molar-refractivity contribution < 1.29 is 29.4 Å². The first-order valence-electron chi connectivity index (χ1n) is 7.20. The summed E-state index contributed by atoms with van der Waals surface area (Å²) < 4.78 is -0.140. The zero-order valence-corrected chi connectivity index (χ0v) is 13.4. The van der Waals surface area contributed by atoms with Crippen LogP contribution in [0.5, 0.6) is 0 Å². The molecule has 6 nitrogen and oxygen atoms in total. The average Bonchev–Trinajstić information content (AvgIpc) is 2.35. The van der Waals surface area contributed by atoms with Gasteiger partial charge in [-0.3, -0.25) is 9.59 Å². The van der Waals surface area contributed by atoms with Crippen molar-refractivity contribution in [3.8, 4) is 0 Å². The number of hydrogen-bond acceptors (Lipinski definition) is 4. The monoisotopic (exact) mass is 302 g/mol. The van der Waals surface area contributed by atoms with Gasteiger partial charge in [0.2, 0.25) is 11.8 Å². The first-order chi connectivity index (χ1) is 9.55. The lowest BCUT2D eigenvalue weighted by molar-refractivity contribution is -0.925. The van der Waals surface area contributed by atoms with Gasteiger partial charge in [-0.1, -0.05) is 25.8 Å². The molecule has 0 aromatic rings. The Kier molecular flexibility index (Phi) is 7.78. The van der Waals surface area contributed by atoms with Crippen molar-refractivity contribution in [2.24, 2.45) is 0 Å². The van der Waals surface area contributed by atoms with Gasteiger partial charge in [0.05, 0.1) is 27.6 Å². The van der Waals surface area contributed by atoms with E-state index in [1.807, 2.05) is 0 Å². The largest absolute Gasteiger partial charge is 0.481 e. The Balaban J connectivity index is 5.05. The lowest BCUT2D eigenvalue weighted by atomic mass is 9.90. The molecule has 0 amide bonds. The number of nitrogens with zero attached hydrogens (tertiary/aromatic N) is 1. The van der Waals surface area contributed by atoms with Crippen LogP contribution in [0.4, 0.5) is 0 Å². The summed E-state index contributed by atoms with van der Waals surface area (Å²) in [6, 6.07) is 0. The number of rotatable bonds is 10. The maximum absolute atomic E-state index is 12.2. The van der Waals surface area contributed by atoms with E-state index in [0.717, 1.165) is 19.3 Å². The highest BCUT2D eigenvalue weighted by Crippen LogP contribution is 2.23. The lowest BCUT2D eigenvalue weighted by Crippen LogP contribution is -2.62. The van der Waals surface area contributed by atoms with E-state index in [2.05, 4.69) is 6.92 Å². The third-order valence-corrected chi connectivity index (χ3v) is 3.25. The number of aliphatic hydroxyl groups excluding tert-OH is 1. The molecule has 6 heteroatoms. The van der Waals surface area contributed by atoms with Crippen LogP contribution in [0.2, 0.25) is 0 Å². The number of likely N-dealkylation sites (N-methyl/N-ethyl adjacent to an activating group) is 1. The van der Waals surface area contributed by atoms with Crippen molar-refractivity contribution in [1.29, 1.82) is 0 Å². The number of unbranched alkanes of at least 4 members (excludes halogenated alkanes) is 3. The fraction of sp³-hybridized carbons (Fsp3) is 0.733. The molecule has 3 N–H and O–H groups in total. The Hall–Kier alpha value is -1.24. The molecule has 0 rings (SSSR count). The van der Waals surface area contributed by atoms with E-state index in [4.69, 9.17) is 5.11 Å². The fourth-order valence-corrected chi connectivity index (χ4v) is 2.02. The zero-order chi connectivity index (χ0) is 16.7. The van der Waals surface area contributed by atoms with Gasteiger partial charge in [0.25, 0.3) is 0 Å². The van der Waals surface area contributed by atoms with Crippen molar-refractivity contribution in [3.63, 3.8) is 0 Å². The first-order valence-corrected chi connectivity index (χ1v) is 7.20. The maximum Gasteiger partial charge on any atom is 0.307 e. The standard InChI is InChI=1S/C15H27NO5/c1-5-6-7-8-9-10-12(17)15(21,11-13(18)19)14(20)16(2,3)4/h9-10,14,20-21H,5-8,11H2,1-4H3/p+1. The van der Waals surface area contributed by atoms with E-state index < -0.39 is 30.0 Å². The molecule has 0 spiro atoms. The van der Waals surface area contributed by atoms with Crippen LogP contribution >= 0.6 is 0 Å². The molecule has 0 bridgehead atoms. The average molecular weight is 302 g/mol. The minimum absolute atomic E-state index is 0.140. The van der Waals surface area contributed by atoms with Crippen LogP contribution in [0.1, 0.15) is 39.0 Å². The summed E-state index contributed by atoms with van der Waals surface area (Å²) in [6.07, 6.45) is 4.15. The highest BCUT2D eigenvalue weighted by Gasteiger charge is 2.50. The molecular weight excluding hydrogens is 274 g/mol. The third-order valence-electron chi connectivity index (χ3n) is 3.25. The van der Waals surface area contributed by atoms with E-state index in [1.54, 1.807) is 27.2 Å². The zero-order valence-electron chi connectivity index (χ0n) is 13.4. The number of carbonyl (C=O) groups is 2. The van der Waals surface area contributed by atoms with Gasteiger partial charge in [-0.2, -0.15) is 0 Å². The number of quaternary nitrogens is 1. The second-order valence-electron chi connectivity index (χ2n) is 6.25. The summed E-state index contributed by atoms with van der Waals surface area (Å²) in [5.74, 6) is -2.11. The predicted molar refractivity (Wildman–Crippen MR) is 79.5 cm³/mol. The molecule has 0 saturated carbocycles. The van der Waals surface area contributed by atoms with Crippen LogP contribution in [-0.2, 0) is 9.59 Å². The number of aliphatic hydroxyl groups is 2. The summed E-state index contributed by atoms with van der Waals surface area (Å²) in [5.41, 5.74) is -2.33. The Morgan fingerprint density at radius 1 is 1.24 bits per heavy atom. The molecular formula is C15H28NO5+. The number of carboxylic acids is 1. The van der Waals surface area contributed by atoms with Gasteiger partial charge in [-0.05, 0) is 18.9 Å². The second-order valence-corrected chi connectivity index (χ2v) is 6.25. The molecule has 0 aromatic heterocycles. The van der Waals surface area contributed by atoms with E-state index in [0.29, 0.717) is 6.42 Å². The summed E-state index contributed by atoms with van der Waals surface area (Å²) in [4.78, 5) is 23.1. The number of allylic oxidation sites excluding steroid dienone is 1. The molecule has 0 heterocycles. The quantitative estimate of drug-likeness (QED) is 0.241. The molecule has 0 radical (unpaired) electrons. The maximum atomic E-state index is 12.2. The number of aliphatic carboxylic acids is 1. The van der Waals surface area contributed by atoms with E-state index in [-0.39, 0.29) is 4.48 Å². The Morgan fingerprint density at radius 3 is 2.24 bits per heavy atom. The van der Waals surface area contributed by atoms with E-state index in [1.165, 1.54) is 6.08 Å². The van der Waals surface area contributed by atoms with Gasteiger partial charge in [-0.25, -0.2) is 0 Å². The van der Waals surface area contributed by atoms with Crippen LogP contribution in [0.3, 0.4) is 0 Å². The predicted octanol–water partition coefficient (Wildman–Crippen LogP) is 0.922. The molecule has 0 saturated heterocycles. The number of carboxylic acid groups (broad SMARTS) is 1. The van der Waals surface area contributed by atoms with Gasteiger partial charge < -0.3 is 19.8 Å². The number of hydrogen-bond donors (Lipinski definition) is 3. The van der Waals surface area contributed by atoms with Crippen LogP contribution in [0.25, 0.3) is 0 Å². The summed E-state index contributed by atoms with van der Waals surface area (Å²) in [5, 5.41) is 29.5. The third kappa shape index (κ3) is 6.37. The highest BCUT2D eigenvalue weighted by atomic mass is 16.4.